The molecule has 52 heavy (non-hydrogen) atoms. The van der Waals surface area contributed by atoms with Gasteiger partial charge in [0.25, 0.3) is 0 Å². The number of carbonyl (C=O) groups is 2. The van der Waals surface area contributed by atoms with E-state index < -0.39 is 0 Å². The molecule has 276 valence electrons. The van der Waals surface area contributed by atoms with Gasteiger partial charge in [-0.15, -0.1) is 0 Å². The molecule has 2 heterocycles. The van der Waals surface area contributed by atoms with Crippen LogP contribution in [-0.2, 0) is 31.2 Å². The number of aryl methyl sites for hydroxylation is 3. The second kappa shape index (κ2) is 13.3. The lowest BCUT2D eigenvalue weighted by molar-refractivity contribution is -0.134. The number of hydrogen-bond donors (Lipinski definition) is 0. The van der Waals surface area contributed by atoms with E-state index in [1.54, 1.807) is 0 Å². The van der Waals surface area contributed by atoms with Gasteiger partial charge in [0, 0.05) is 22.3 Å². The lowest BCUT2D eigenvalue weighted by Crippen LogP contribution is -2.17. The molecule has 0 N–H and O–H groups in total. The fraction of sp³-hybridized carbons (Fsp3) is 0.458. The summed E-state index contributed by atoms with van der Waals surface area (Å²) in [5.41, 5.74) is 13.4. The van der Waals surface area contributed by atoms with Gasteiger partial charge < -0.3 is 9.47 Å². The maximum Gasteiger partial charge on any atom is 0.323 e. The van der Waals surface area contributed by atoms with Crippen LogP contribution in [0.15, 0.2) is 60.7 Å². The van der Waals surface area contributed by atoms with Crippen molar-refractivity contribution in [3.05, 3.63) is 127 Å². The normalized spacial score (nSPS) is 17.2. The van der Waals surface area contributed by atoms with E-state index in [4.69, 9.17) is 9.47 Å². The highest BCUT2D eigenvalue weighted by molar-refractivity contribution is 5.91. The van der Waals surface area contributed by atoms with Crippen molar-refractivity contribution < 1.29 is 19.1 Å². The Bertz CT molecular complexity index is 2050. The first-order valence-corrected chi connectivity index (χ1v) is 18.7. The van der Waals surface area contributed by atoms with E-state index in [9.17, 15) is 9.59 Å². The molecular formula is C48H60O4. The molecule has 0 fully saturated rings. The van der Waals surface area contributed by atoms with Crippen molar-refractivity contribution in [2.24, 2.45) is 0 Å². The minimum atomic E-state index is -0.340. The lowest BCUT2D eigenvalue weighted by Gasteiger charge is -2.27. The van der Waals surface area contributed by atoms with E-state index in [-0.39, 0.29) is 45.4 Å². The summed E-state index contributed by atoms with van der Waals surface area (Å²) >= 11 is 0. The van der Waals surface area contributed by atoms with Crippen molar-refractivity contribution in [2.45, 2.75) is 144 Å². The summed E-state index contributed by atoms with van der Waals surface area (Å²) < 4.78 is 11.7. The Morgan fingerprint density at radius 1 is 0.462 bits per heavy atom. The summed E-state index contributed by atoms with van der Waals surface area (Å²) in [6, 6.07) is 21.2. The third-order valence-electron chi connectivity index (χ3n) is 10.9. The Hall–Kier alpha value is -4.18. The first-order chi connectivity index (χ1) is 23.8. The van der Waals surface area contributed by atoms with Crippen LogP contribution < -0.4 is 9.47 Å². The van der Waals surface area contributed by atoms with Crippen molar-refractivity contribution in [1.29, 1.82) is 0 Å². The molecule has 2 aliphatic heterocycles. The standard InChI is InChI=1S/2C24H30O2/c1-14-9-10-16(11-15(14)2)20-18-12-17(23(3,4)5)13-19(24(6,7)8)21(18)26-22(20)25;1-14-10-9-11-17(15(14)2)20-18-12-16(23(3,4)5)13-19(24(6,7)8)21(18)26-22(20)25/h2*9-13,20H,1-8H3. The van der Waals surface area contributed by atoms with Gasteiger partial charge >= 0.3 is 11.9 Å². The minimum absolute atomic E-state index is 0.00681. The average Bonchev–Trinajstić information content (AvgIpc) is 3.52. The quantitative estimate of drug-likeness (QED) is 0.154. The largest absolute Gasteiger partial charge is 0.425 e. The molecule has 6 rings (SSSR count). The molecule has 0 saturated heterocycles. The molecule has 0 radical (unpaired) electrons. The number of hydrogen-bond acceptors (Lipinski definition) is 4. The van der Waals surface area contributed by atoms with Crippen LogP contribution in [-0.4, -0.2) is 11.9 Å². The highest BCUT2D eigenvalue weighted by atomic mass is 16.5. The molecule has 4 heteroatoms. The molecule has 0 aromatic heterocycles. The summed E-state index contributed by atoms with van der Waals surface area (Å²) in [6.45, 7) is 34.7. The number of carbonyl (C=O) groups excluding carboxylic acids is 2. The Morgan fingerprint density at radius 2 is 0.923 bits per heavy atom. The Labute approximate surface area is 313 Å². The van der Waals surface area contributed by atoms with Crippen molar-refractivity contribution in [1.82, 2.24) is 0 Å². The molecule has 0 spiro atoms. The van der Waals surface area contributed by atoms with Gasteiger partial charge in [-0.2, -0.15) is 0 Å². The van der Waals surface area contributed by atoms with Gasteiger partial charge in [-0.05, 0) is 93.9 Å². The van der Waals surface area contributed by atoms with E-state index in [2.05, 4.69) is 165 Å². The van der Waals surface area contributed by atoms with Gasteiger partial charge in [-0.25, -0.2) is 0 Å². The molecule has 4 aromatic rings. The van der Waals surface area contributed by atoms with Crippen LogP contribution in [0.25, 0.3) is 0 Å². The molecular weight excluding hydrogens is 641 g/mol. The zero-order chi connectivity index (χ0) is 38.9. The summed E-state index contributed by atoms with van der Waals surface area (Å²) in [6.07, 6.45) is 0. The van der Waals surface area contributed by atoms with Crippen LogP contribution in [0.5, 0.6) is 11.5 Å². The van der Waals surface area contributed by atoms with Crippen LogP contribution in [0, 0.1) is 27.7 Å². The van der Waals surface area contributed by atoms with Crippen LogP contribution in [0.1, 0.15) is 162 Å². The number of fused-ring (bicyclic) bond motifs is 2. The molecule has 0 aliphatic carbocycles. The maximum absolute atomic E-state index is 12.9. The fourth-order valence-electron chi connectivity index (χ4n) is 7.15. The predicted molar refractivity (Wildman–Crippen MR) is 214 cm³/mol. The molecule has 4 aromatic carbocycles. The van der Waals surface area contributed by atoms with Crippen LogP contribution in [0.4, 0.5) is 0 Å². The zero-order valence-electron chi connectivity index (χ0n) is 34.6. The number of benzene rings is 4. The second-order valence-corrected chi connectivity index (χ2v) is 19.2. The van der Waals surface area contributed by atoms with Gasteiger partial charge in [0.15, 0.2) is 0 Å². The first-order valence-electron chi connectivity index (χ1n) is 18.7. The van der Waals surface area contributed by atoms with E-state index in [1.165, 1.54) is 33.4 Å². The van der Waals surface area contributed by atoms with Gasteiger partial charge in [-0.3, -0.25) is 9.59 Å². The van der Waals surface area contributed by atoms with Crippen molar-refractivity contribution >= 4 is 11.9 Å². The number of ether oxygens (including phenoxy) is 2. The highest BCUT2D eigenvalue weighted by Gasteiger charge is 2.41. The molecule has 0 bridgehead atoms. The summed E-state index contributed by atoms with van der Waals surface area (Å²) in [5, 5.41) is 0. The Kier molecular flexibility index (Phi) is 10.0. The van der Waals surface area contributed by atoms with Crippen molar-refractivity contribution in [2.75, 3.05) is 0 Å². The SMILES string of the molecule is Cc1ccc(C2C(=O)Oc3c2cc(C(C)(C)C)cc3C(C)(C)C)cc1C.Cc1cccc(C2C(=O)Oc3c2cc(C(C)(C)C)cc3C(C)(C)C)c1C. The third-order valence-corrected chi connectivity index (χ3v) is 10.9. The monoisotopic (exact) mass is 700 g/mol. The summed E-state index contributed by atoms with van der Waals surface area (Å²) in [4.78, 5) is 25.8. The average molecular weight is 701 g/mol. The summed E-state index contributed by atoms with van der Waals surface area (Å²) in [7, 11) is 0. The molecule has 4 nitrogen and oxygen atoms in total. The van der Waals surface area contributed by atoms with Gasteiger partial charge in [0.05, 0.1) is 0 Å². The fourth-order valence-corrected chi connectivity index (χ4v) is 7.15. The molecule has 2 atom stereocenters. The van der Waals surface area contributed by atoms with Gasteiger partial charge in [-0.1, -0.05) is 144 Å². The highest BCUT2D eigenvalue weighted by Crippen LogP contribution is 2.49. The molecule has 0 amide bonds. The van der Waals surface area contributed by atoms with Gasteiger partial charge in [0.1, 0.15) is 23.3 Å². The summed E-state index contributed by atoms with van der Waals surface area (Å²) in [5.74, 6) is 0.520. The Morgan fingerprint density at radius 3 is 1.37 bits per heavy atom. The van der Waals surface area contributed by atoms with Crippen LogP contribution in [0.2, 0.25) is 0 Å². The minimum Gasteiger partial charge on any atom is -0.425 e. The van der Waals surface area contributed by atoms with Crippen LogP contribution >= 0.6 is 0 Å². The smallest absolute Gasteiger partial charge is 0.323 e. The molecule has 2 aliphatic rings. The van der Waals surface area contributed by atoms with E-state index >= 15 is 0 Å². The first kappa shape index (κ1) is 39.0. The predicted octanol–water partition coefficient (Wildman–Crippen LogP) is 11.9. The molecule has 2 unspecified atom stereocenters. The number of rotatable bonds is 2. The van der Waals surface area contributed by atoms with E-state index in [0.29, 0.717) is 0 Å². The second-order valence-electron chi connectivity index (χ2n) is 19.2. The third kappa shape index (κ3) is 7.49. The van der Waals surface area contributed by atoms with Crippen molar-refractivity contribution in [3.8, 4) is 11.5 Å². The molecule has 0 saturated carbocycles. The van der Waals surface area contributed by atoms with E-state index in [1.807, 2.05) is 6.07 Å². The van der Waals surface area contributed by atoms with Crippen LogP contribution in [0.3, 0.4) is 0 Å². The lowest BCUT2D eigenvalue weighted by atomic mass is 9.77. The topological polar surface area (TPSA) is 52.6 Å². The number of esters is 2. The maximum atomic E-state index is 12.9. The van der Waals surface area contributed by atoms with Gasteiger partial charge in [0.2, 0.25) is 0 Å². The van der Waals surface area contributed by atoms with Crippen molar-refractivity contribution in [3.63, 3.8) is 0 Å². The zero-order valence-corrected chi connectivity index (χ0v) is 34.6. The Balaban J connectivity index is 0.000000201. The van der Waals surface area contributed by atoms with E-state index in [0.717, 1.165) is 44.9 Å².